The Hall–Kier alpha value is 0.110. The fourth-order valence-electron chi connectivity index (χ4n) is 0.752. The van der Waals surface area contributed by atoms with Crippen LogP contribution in [0.25, 0.3) is 0 Å². The van der Waals surface area contributed by atoms with Gasteiger partial charge in [-0.2, -0.15) is 0 Å². The molecule has 0 saturated heterocycles. The van der Waals surface area contributed by atoms with Crippen molar-refractivity contribution >= 4 is 7.60 Å². The van der Waals surface area contributed by atoms with Crippen LogP contribution in [0, 0.1) is 0 Å². The molecule has 68 valence electrons. The molecule has 0 aliphatic heterocycles. The number of aliphatic hydroxyl groups is 1. The van der Waals surface area contributed by atoms with Crippen molar-refractivity contribution in [2.45, 2.75) is 25.9 Å². The molecule has 2 atom stereocenters. The van der Waals surface area contributed by atoms with Gasteiger partial charge < -0.3 is 14.5 Å². The lowest BCUT2D eigenvalue weighted by Gasteiger charge is -2.16. The minimum Gasteiger partial charge on any atom is -0.396 e. The van der Waals surface area contributed by atoms with Crippen LogP contribution in [0.1, 0.15) is 19.8 Å². The third kappa shape index (κ3) is 6.51. The van der Waals surface area contributed by atoms with Crippen LogP contribution in [0.5, 0.6) is 0 Å². The lowest BCUT2D eigenvalue weighted by atomic mass is 10.2. The van der Waals surface area contributed by atoms with Crippen molar-refractivity contribution in [2.24, 2.45) is 0 Å². The Balaban J connectivity index is 3.78. The standard InChI is InChI=1S/C6H15O4P/c1-3-6(4-5-7)10-11(2,8)9/h6-7H,3-5H2,1-2H3,(H,8,9). The Labute approximate surface area is 66.7 Å². The molecule has 0 radical (unpaired) electrons. The molecule has 0 saturated carbocycles. The fraction of sp³-hybridized carbons (Fsp3) is 1.00. The highest BCUT2D eigenvalue weighted by molar-refractivity contribution is 7.51. The quantitative estimate of drug-likeness (QED) is 0.622. The Morgan fingerprint density at radius 3 is 2.45 bits per heavy atom. The topological polar surface area (TPSA) is 66.8 Å². The van der Waals surface area contributed by atoms with Gasteiger partial charge >= 0.3 is 7.60 Å². The molecule has 0 aromatic carbocycles. The number of hydrogen-bond acceptors (Lipinski definition) is 3. The molecule has 0 fully saturated rings. The van der Waals surface area contributed by atoms with Gasteiger partial charge in [0, 0.05) is 13.3 Å². The lowest BCUT2D eigenvalue weighted by molar-refractivity contribution is 0.136. The van der Waals surface area contributed by atoms with Crippen LogP contribution >= 0.6 is 7.60 Å². The average Bonchev–Trinajstić information content (AvgIpc) is 1.84. The zero-order valence-corrected chi connectivity index (χ0v) is 7.75. The smallest absolute Gasteiger partial charge is 0.325 e. The molecule has 0 aromatic rings. The summed E-state index contributed by atoms with van der Waals surface area (Å²) in [5.74, 6) is 0. The third-order valence-electron chi connectivity index (χ3n) is 1.25. The zero-order chi connectivity index (χ0) is 8.91. The Morgan fingerprint density at radius 2 is 2.18 bits per heavy atom. The molecule has 4 nitrogen and oxygen atoms in total. The van der Waals surface area contributed by atoms with Gasteiger partial charge in [0.25, 0.3) is 0 Å². The van der Waals surface area contributed by atoms with E-state index in [1.54, 1.807) is 0 Å². The summed E-state index contributed by atoms with van der Waals surface area (Å²) in [6.45, 7) is 2.97. The number of hydrogen-bond donors (Lipinski definition) is 2. The Bertz CT molecular complexity index is 142. The summed E-state index contributed by atoms with van der Waals surface area (Å²) < 4.78 is 15.5. The first-order chi connectivity index (χ1) is 4.99. The van der Waals surface area contributed by atoms with Crippen LogP contribution in [0.4, 0.5) is 0 Å². The summed E-state index contributed by atoms with van der Waals surface area (Å²) in [5, 5.41) is 8.51. The minimum absolute atomic E-state index is 0.0154. The number of rotatable bonds is 5. The Kier molecular flexibility index (Phi) is 4.93. The van der Waals surface area contributed by atoms with Gasteiger partial charge in [0.1, 0.15) is 0 Å². The van der Waals surface area contributed by atoms with Crippen LogP contribution in [0.2, 0.25) is 0 Å². The van der Waals surface area contributed by atoms with E-state index in [0.717, 1.165) is 6.66 Å². The van der Waals surface area contributed by atoms with Crippen LogP contribution in [0.15, 0.2) is 0 Å². The van der Waals surface area contributed by atoms with E-state index in [9.17, 15) is 4.57 Å². The van der Waals surface area contributed by atoms with Gasteiger partial charge in [0.15, 0.2) is 0 Å². The van der Waals surface area contributed by atoms with E-state index < -0.39 is 7.60 Å². The molecular weight excluding hydrogens is 167 g/mol. The summed E-state index contributed by atoms with van der Waals surface area (Å²) in [5.41, 5.74) is 0. The molecule has 0 bridgehead atoms. The van der Waals surface area contributed by atoms with Gasteiger partial charge in [-0.3, -0.25) is 4.57 Å². The molecule has 0 aliphatic rings. The third-order valence-corrected chi connectivity index (χ3v) is 1.94. The number of aliphatic hydroxyl groups excluding tert-OH is 1. The Morgan fingerprint density at radius 1 is 1.64 bits per heavy atom. The molecule has 0 spiro atoms. The van der Waals surface area contributed by atoms with Gasteiger partial charge in [-0.1, -0.05) is 6.92 Å². The maximum atomic E-state index is 10.7. The highest BCUT2D eigenvalue weighted by atomic mass is 31.2. The summed E-state index contributed by atoms with van der Waals surface area (Å²) in [7, 11) is -3.38. The van der Waals surface area contributed by atoms with Crippen molar-refractivity contribution in [3.05, 3.63) is 0 Å². The first-order valence-electron chi connectivity index (χ1n) is 3.59. The molecular formula is C6H15O4P. The monoisotopic (exact) mass is 182 g/mol. The van der Waals surface area contributed by atoms with Crippen LogP contribution in [-0.4, -0.2) is 29.4 Å². The van der Waals surface area contributed by atoms with Crippen LogP contribution in [0.3, 0.4) is 0 Å². The normalized spacial score (nSPS) is 19.3. The lowest BCUT2D eigenvalue weighted by Crippen LogP contribution is -2.11. The molecule has 11 heavy (non-hydrogen) atoms. The maximum Gasteiger partial charge on any atom is 0.325 e. The predicted molar refractivity (Wildman–Crippen MR) is 42.6 cm³/mol. The van der Waals surface area contributed by atoms with Crippen LogP contribution < -0.4 is 0 Å². The summed E-state index contributed by atoms with van der Waals surface area (Å²) >= 11 is 0. The first kappa shape index (κ1) is 11.1. The highest BCUT2D eigenvalue weighted by Crippen LogP contribution is 2.39. The van der Waals surface area contributed by atoms with E-state index >= 15 is 0 Å². The van der Waals surface area contributed by atoms with Gasteiger partial charge in [-0.05, 0) is 12.8 Å². The van der Waals surface area contributed by atoms with E-state index in [1.807, 2.05) is 6.92 Å². The van der Waals surface area contributed by atoms with E-state index in [4.69, 9.17) is 14.5 Å². The zero-order valence-electron chi connectivity index (χ0n) is 6.86. The first-order valence-corrected chi connectivity index (χ1v) is 5.61. The van der Waals surface area contributed by atoms with E-state index in [2.05, 4.69) is 0 Å². The van der Waals surface area contributed by atoms with E-state index in [-0.39, 0.29) is 12.7 Å². The molecule has 0 rings (SSSR count). The molecule has 0 aromatic heterocycles. The van der Waals surface area contributed by atoms with E-state index in [0.29, 0.717) is 12.8 Å². The maximum absolute atomic E-state index is 10.7. The summed E-state index contributed by atoms with van der Waals surface area (Å²) in [6, 6.07) is 0. The van der Waals surface area contributed by atoms with Gasteiger partial charge in [-0.25, -0.2) is 0 Å². The highest BCUT2D eigenvalue weighted by Gasteiger charge is 2.16. The van der Waals surface area contributed by atoms with E-state index in [1.165, 1.54) is 0 Å². The summed E-state index contributed by atoms with van der Waals surface area (Å²) in [6.07, 6.45) is 0.745. The summed E-state index contributed by atoms with van der Waals surface area (Å²) in [4.78, 5) is 8.80. The van der Waals surface area contributed by atoms with Gasteiger partial charge in [0.05, 0.1) is 6.10 Å². The van der Waals surface area contributed by atoms with Crippen molar-refractivity contribution in [1.82, 2.24) is 0 Å². The second-order valence-corrected chi connectivity index (χ2v) is 4.27. The molecule has 0 amide bonds. The minimum atomic E-state index is -3.38. The molecule has 0 aliphatic carbocycles. The van der Waals surface area contributed by atoms with Crippen molar-refractivity contribution in [1.29, 1.82) is 0 Å². The van der Waals surface area contributed by atoms with Crippen LogP contribution in [-0.2, 0) is 9.09 Å². The second kappa shape index (κ2) is 4.88. The van der Waals surface area contributed by atoms with Crippen molar-refractivity contribution in [2.75, 3.05) is 13.3 Å². The molecule has 2 unspecified atom stereocenters. The molecule has 2 N–H and O–H groups in total. The van der Waals surface area contributed by atoms with Crippen molar-refractivity contribution < 1.29 is 19.1 Å². The fourth-order valence-corrected chi connectivity index (χ4v) is 1.56. The molecule has 0 heterocycles. The second-order valence-electron chi connectivity index (χ2n) is 2.45. The van der Waals surface area contributed by atoms with Gasteiger partial charge in [-0.15, -0.1) is 0 Å². The average molecular weight is 182 g/mol. The van der Waals surface area contributed by atoms with Gasteiger partial charge in [0.2, 0.25) is 0 Å². The molecule has 5 heteroatoms. The predicted octanol–water partition coefficient (Wildman–Crippen LogP) is 0.979. The van der Waals surface area contributed by atoms with Crippen molar-refractivity contribution in [3.63, 3.8) is 0 Å². The SMILES string of the molecule is CCC(CCO)OP(C)(=O)O. The largest absolute Gasteiger partial charge is 0.396 e. The van der Waals surface area contributed by atoms with Crippen molar-refractivity contribution in [3.8, 4) is 0 Å².